The van der Waals surface area contributed by atoms with E-state index in [1.807, 2.05) is 6.07 Å². The van der Waals surface area contributed by atoms with E-state index in [-0.39, 0.29) is 6.61 Å². The third-order valence-corrected chi connectivity index (χ3v) is 3.65. The zero-order valence-corrected chi connectivity index (χ0v) is 11.8. The van der Waals surface area contributed by atoms with Gasteiger partial charge in [0, 0.05) is 4.88 Å². The van der Waals surface area contributed by atoms with Crippen molar-refractivity contribution >= 4 is 34.6 Å². The van der Waals surface area contributed by atoms with Crippen LogP contribution < -0.4 is 10.5 Å². The number of benzene rings is 1. The van der Waals surface area contributed by atoms with Crippen LogP contribution in [0.3, 0.4) is 0 Å². The largest absolute Gasteiger partial charge is 0.494 e. The van der Waals surface area contributed by atoms with Crippen molar-refractivity contribution in [1.29, 1.82) is 0 Å². The van der Waals surface area contributed by atoms with Gasteiger partial charge in [0.25, 0.3) is 0 Å². The lowest BCUT2D eigenvalue weighted by Crippen LogP contribution is -2.08. The van der Waals surface area contributed by atoms with E-state index in [1.54, 1.807) is 24.3 Å². The van der Waals surface area contributed by atoms with Crippen molar-refractivity contribution in [3.63, 3.8) is 0 Å². The van der Waals surface area contributed by atoms with Gasteiger partial charge in [0.1, 0.15) is 12.2 Å². The average Bonchev–Trinajstić information content (AvgIpc) is 2.81. The van der Waals surface area contributed by atoms with Gasteiger partial charge in [-0.1, -0.05) is 17.7 Å². The van der Waals surface area contributed by atoms with Gasteiger partial charge in [-0.05, 0) is 24.3 Å². The minimum absolute atomic E-state index is 0.175. The monoisotopic (exact) mass is 297 g/mol. The Morgan fingerprint density at radius 3 is 2.79 bits per heavy atom. The van der Waals surface area contributed by atoms with Crippen molar-refractivity contribution in [2.45, 2.75) is 6.61 Å². The molecular weight excluding hydrogens is 286 g/mol. The number of carbonyl (C=O) groups excluding carboxylic acids is 1. The van der Waals surface area contributed by atoms with E-state index in [0.717, 1.165) is 4.88 Å². The second-order valence-electron chi connectivity index (χ2n) is 3.71. The summed E-state index contributed by atoms with van der Waals surface area (Å²) in [7, 11) is 1.46. The molecule has 0 aliphatic carbocycles. The number of esters is 1. The Bertz CT molecular complexity index is 597. The van der Waals surface area contributed by atoms with Crippen LogP contribution in [0, 0.1) is 0 Å². The molecule has 0 aliphatic heterocycles. The predicted molar refractivity (Wildman–Crippen MR) is 75.9 cm³/mol. The maximum Gasteiger partial charge on any atom is 0.342 e. The van der Waals surface area contributed by atoms with E-state index < -0.39 is 5.97 Å². The number of methoxy groups -OCH3 is 1. The SMILES string of the molecule is COc1c(N)cccc1C(=O)OCc1ccc(Cl)s1. The number of halogens is 1. The molecule has 0 unspecified atom stereocenters. The fourth-order valence-corrected chi connectivity index (χ4v) is 2.59. The van der Waals surface area contributed by atoms with Crippen LogP contribution in [0.25, 0.3) is 0 Å². The Hall–Kier alpha value is -1.72. The predicted octanol–water partition coefficient (Wildman–Crippen LogP) is 3.35. The summed E-state index contributed by atoms with van der Waals surface area (Å²) in [5.74, 6) is -0.148. The quantitative estimate of drug-likeness (QED) is 0.694. The molecule has 0 amide bonds. The molecule has 0 saturated carbocycles. The van der Waals surface area contributed by atoms with E-state index in [0.29, 0.717) is 21.3 Å². The summed E-state index contributed by atoms with van der Waals surface area (Å²) in [6, 6.07) is 8.53. The maximum absolute atomic E-state index is 12.0. The summed E-state index contributed by atoms with van der Waals surface area (Å²) < 4.78 is 11.0. The number of anilines is 1. The number of hydrogen-bond acceptors (Lipinski definition) is 5. The molecule has 4 nitrogen and oxygen atoms in total. The molecule has 0 bridgehead atoms. The standard InChI is InChI=1S/C13H12ClNO3S/c1-17-12-9(3-2-4-10(12)15)13(16)18-7-8-5-6-11(14)19-8/h2-6H,7,15H2,1H3. The van der Waals surface area contributed by atoms with E-state index in [1.165, 1.54) is 18.4 Å². The van der Waals surface area contributed by atoms with E-state index >= 15 is 0 Å². The normalized spacial score (nSPS) is 10.2. The topological polar surface area (TPSA) is 61.5 Å². The molecule has 0 radical (unpaired) electrons. The summed E-state index contributed by atoms with van der Waals surface area (Å²) in [6.45, 7) is 0.175. The summed E-state index contributed by atoms with van der Waals surface area (Å²) >= 11 is 7.17. The summed E-state index contributed by atoms with van der Waals surface area (Å²) in [6.07, 6.45) is 0. The zero-order chi connectivity index (χ0) is 13.8. The minimum atomic E-state index is -0.478. The number of para-hydroxylation sites is 1. The highest BCUT2D eigenvalue weighted by Gasteiger charge is 2.16. The summed E-state index contributed by atoms with van der Waals surface area (Å²) in [5.41, 5.74) is 6.44. The molecule has 100 valence electrons. The molecule has 0 spiro atoms. The zero-order valence-electron chi connectivity index (χ0n) is 10.2. The number of carbonyl (C=O) groups is 1. The number of nitrogen functional groups attached to an aromatic ring is 1. The molecule has 0 atom stereocenters. The lowest BCUT2D eigenvalue weighted by Gasteiger charge is -2.10. The number of thiophene rings is 1. The van der Waals surface area contributed by atoms with Gasteiger partial charge in [-0.3, -0.25) is 0 Å². The fraction of sp³-hybridized carbons (Fsp3) is 0.154. The average molecular weight is 298 g/mol. The van der Waals surface area contributed by atoms with Crippen LogP contribution in [0.5, 0.6) is 5.75 Å². The molecule has 0 saturated heterocycles. The van der Waals surface area contributed by atoms with Crippen molar-refractivity contribution in [3.05, 3.63) is 45.1 Å². The molecule has 6 heteroatoms. The first kappa shape index (κ1) is 13.7. The van der Waals surface area contributed by atoms with Crippen LogP contribution in [-0.2, 0) is 11.3 Å². The van der Waals surface area contributed by atoms with Gasteiger partial charge >= 0.3 is 5.97 Å². The molecule has 1 aromatic heterocycles. The Morgan fingerprint density at radius 1 is 1.37 bits per heavy atom. The third kappa shape index (κ3) is 3.19. The number of rotatable bonds is 4. The van der Waals surface area contributed by atoms with E-state index in [9.17, 15) is 4.79 Å². The lowest BCUT2D eigenvalue weighted by atomic mass is 10.2. The molecule has 0 fully saturated rings. The molecule has 19 heavy (non-hydrogen) atoms. The first-order valence-corrected chi connectivity index (χ1v) is 6.65. The van der Waals surface area contributed by atoms with Gasteiger partial charge in [0.2, 0.25) is 0 Å². The Morgan fingerprint density at radius 2 is 2.16 bits per heavy atom. The first-order valence-electron chi connectivity index (χ1n) is 5.45. The second kappa shape index (κ2) is 5.95. The van der Waals surface area contributed by atoms with Gasteiger partial charge in [-0.25, -0.2) is 4.79 Å². The molecule has 1 aromatic carbocycles. The van der Waals surface area contributed by atoms with Crippen LogP contribution in [-0.4, -0.2) is 13.1 Å². The molecule has 0 aliphatic rings. The fourth-order valence-electron chi connectivity index (χ4n) is 1.59. The van der Waals surface area contributed by atoms with Gasteiger partial charge in [0.05, 0.1) is 17.1 Å². The van der Waals surface area contributed by atoms with Crippen LogP contribution >= 0.6 is 22.9 Å². The van der Waals surface area contributed by atoms with Crippen LogP contribution in [0.1, 0.15) is 15.2 Å². The molecule has 2 rings (SSSR count). The first-order chi connectivity index (χ1) is 9.11. The Labute approximate surface area is 119 Å². The highest BCUT2D eigenvalue weighted by atomic mass is 35.5. The van der Waals surface area contributed by atoms with Crippen molar-refractivity contribution in [1.82, 2.24) is 0 Å². The van der Waals surface area contributed by atoms with Crippen LogP contribution in [0.2, 0.25) is 4.34 Å². The summed E-state index contributed by atoms with van der Waals surface area (Å²) in [5, 5.41) is 0. The number of hydrogen-bond donors (Lipinski definition) is 1. The van der Waals surface area contributed by atoms with Crippen molar-refractivity contribution < 1.29 is 14.3 Å². The van der Waals surface area contributed by atoms with Crippen molar-refractivity contribution in [2.24, 2.45) is 0 Å². The number of nitrogens with two attached hydrogens (primary N) is 1. The highest BCUT2D eigenvalue weighted by Crippen LogP contribution is 2.27. The van der Waals surface area contributed by atoms with Gasteiger partial charge in [0.15, 0.2) is 5.75 Å². The van der Waals surface area contributed by atoms with E-state index in [2.05, 4.69) is 0 Å². The summed E-state index contributed by atoms with van der Waals surface area (Å²) in [4.78, 5) is 12.8. The van der Waals surface area contributed by atoms with Gasteiger partial charge in [-0.15, -0.1) is 11.3 Å². The minimum Gasteiger partial charge on any atom is -0.494 e. The number of ether oxygens (including phenoxy) is 2. The van der Waals surface area contributed by atoms with Gasteiger partial charge in [-0.2, -0.15) is 0 Å². The Kier molecular flexibility index (Phi) is 4.29. The molecule has 2 aromatic rings. The molecule has 1 heterocycles. The smallest absolute Gasteiger partial charge is 0.342 e. The second-order valence-corrected chi connectivity index (χ2v) is 5.51. The van der Waals surface area contributed by atoms with Crippen LogP contribution in [0.15, 0.2) is 30.3 Å². The Balaban J connectivity index is 2.10. The van der Waals surface area contributed by atoms with E-state index in [4.69, 9.17) is 26.8 Å². The van der Waals surface area contributed by atoms with Crippen molar-refractivity contribution in [3.8, 4) is 5.75 Å². The lowest BCUT2D eigenvalue weighted by molar-refractivity contribution is 0.0473. The van der Waals surface area contributed by atoms with Crippen molar-refractivity contribution in [2.75, 3.05) is 12.8 Å². The van der Waals surface area contributed by atoms with Gasteiger partial charge < -0.3 is 15.2 Å². The highest BCUT2D eigenvalue weighted by molar-refractivity contribution is 7.16. The molecule has 2 N–H and O–H groups in total. The molecular formula is C13H12ClNO3S. The van der Waals surface area contributed by atoms with Crippen LogP contribution in [0.4, 0.5) is 5.69 Å². The maximum atomic E-state index is 12.0. The third-order valence-electron chi connectivity index (χ3n) is 2.44.